The van der Waals surface area contributed by atoms with E-state index < -0.39 is 15.7 Å². The summed E-state index contributed by atoms with van der Waals surface area (Å²) in [6.45, 7) is 3.91. The van der Waals surface area contributed by atoms with Crippen LogP contribution in [0.15, 0.2) is 34.2 Å². The largest absolute Gasteiger partial charge is 0.338 e. The second-order valence-electron chi connectivity index (χ2n) is 4.57. The maximum atomic E-state index is 12.6. The number of aromatic nitrogens is 1. The predicted molar refractivity (Wildman–Crippen MR) is 74.8 cm³/mol. The van der Waals surface area contributed by atoms with E-state index >= 15 is 0 Å². The van der Waals surface area contributed by atoms with Crippen molar-refractivity contribution in [3.8, 4) is 0 Å². The highest BCUT2D eigenvalue weighted by Gasteiger charge is 2.26. The maximum Gasteiger partial charge on any atom is 0.288 e. The second-order valence-corrected chi connectivity index (χ2v) is 5.99. The Morgan fingerprint density at radius 3 is 2.75 bits per heavy atom. The van der Waals surface area contributed by atoms with Crippen LogP contribution >= 0.6 is 0 Å². The average Bonchev–Trinajstić information content (AvgIpc) is 2.43. The molecule has 0 aliphatic carbocycles. The van der Waals surface area contributed by atoms with Gasteiger partial charge in [0, 0.05) is 6.07 Å². The van der Waals surface area contributed by atoms with Gasteiger partial charge in [0.1, 0.15) is 12.0 Å². The minimum absolute atomic E-state index is 0.161. The molecule has 0 bridgehead atoms. The van der Waals surface area contributed by atoms with Crippen molar-refractivity contribution in [2.24, 2.45) is 0 Å². The zero-order valence-corrected chi connectivity index (χ0v) is 11.7. The third-order valence-corrected chi connectivity index (χ3v) is 4.84. The van der Waals surface area contributed by atoms with Crippen LogP contribution in [0.2, 0.25) is 0 Å². The third-order valence-electron chi connectivity index (χ3n) is 3.39. The zero-order valence-electron chi connectivity index (χ0n) is 10.8. The first kappa shape index (κ1) is 12.7. The molecule has 3 rings (SSSR count). The van der Waals surface area contributed by atoms with Crippen LogP contribution in [0.1, 0.15) is 11.1 Å². The van der Waals surface area contributed by atoms with Gasteiger partial charge < -0.3 is 5.32 Å². The van der Waals surface area contributed by atoms with Gasteiger partial charge in [0.2, 0.25) is 0 Å². The number of aryl methyl sites for hydroxylation is 1. The standard InChI is InChI=1S/C13H11N3O3S/c1-7-3-4-10-12(8(7)2)15-13-11(20(10)19)5-9(6-14-13)16(17)18/h3-6H,1-2H3,(H,14,15). The summed E-state index contributed by atoms with van der Waals surface area (Å²) in [7, 11) is -1.46. The second kappa shape index (κ2) is 4.38. The highest BCUT2D eigenvalue weighted by atomic mass is 32.2. The topological polar surface area (TPSA) is 85.1 Å². The smallest absolute Gasteiger partial charge is 0.288 e. The minimum Gasteiger partial charge on any atom is -0.338 e. The van der Waals surface area contributed by atoms with Crippen LogP contribution in [-0.2, 0) is 10.8 Å². The van der Waals surface area contributed by atoms with Crippen molar-refractivity contribution in [2.45, 2.75) is 23.6 Å². The molecule has 20 heavy (non-hydrogen) atoms. The molecule has 102 valence electrons. The van der Waals surface area contributed by atoms with Crippen molar-refractivity contribution in [3.63, 3.8) is 0 Å². The van der Waals surface area contributed by atoms with Gasteiger partial charge in [0.05, 0.1) is 31.2 Å². The van der Waals surface area contributed by atoms with Crippen LogP contribution in [-0.4, -0.2) is 14.1 Å². The molecule has 0 amide bonds. The van der Waals surface area contributed by atoms with Crippen molar-refractivity contribution in [3.05, 3.63) is 45.6 Å². The lowest BCUT2D eigenvalue weighted by atomic mass is 10.1. The molecular formula is C13H11N3O3S. The molecule has 7 heteroatoms. The van der Waals surface area contributed by atoms with Gasteiger partial charge in [0.15, 0.2) is 0 Å². The van der Waals surface area contributed by atoms with Crippen LogP contribution in [0.3, 0.4) is 0 Å². The first-order valence-corrected chi connectivity index (χ1v) is 7.07. The van der Waals surface area contributed by atoms with E-state index in [-0.39, 0.29) is 5.69 Å². The van der Waals surface area contributed by atoms with Crippen molar-refractivity contribution in [1.29, 1.82) is 0 Å². The fraction of sp³-hybridized carbons (Fsp3) is 0.154. The minimum atomic E-state index is -1.46. The quantitative estimate of drug-likeness (QED) is 0.550. The van der Waals surface area contributed by atoms with E-state index in [2.05, 4.69) is 10.3 Å². The summed E-state index contributed by atoms with van der Waals surface area (Å²) in [6.07, 6.45) is 1.17. The fourth-order valence-electron chi connectivity index (χ4n) is 2.11. The molecule has 1 aliphatic rings. The number of rotatable bonds is 1. The molecule has 0 saturated heterocycles. The van der Waals surface area contributed by atoms with E-state index in [1.165, 1.54) is 12.3 Å². The summed E-state index contributed by atoms with van der Waals surface area (Å²) in [5.74, 6) is 0.412. The van der Waals surface area contributed by atoms with Gasteiger partial charge in [-0.15, -0.1) is 0 Å². The van der Waals surface area contributed by atoms with Crippen molar-refractivity contribution in [2.75, 3.05) is 5.32 Å². The van der Waals surface area contributed by atoms with Gasteiger partial charge >= 0.3 is 0 Å². The number of hydrogen-bond acceptors (Lipinski definition) is 5. The highest BCUT2D eigenvalue weighted by Crippen LogP contribution is 2.39. The Balaban J connectivity index is 2.20. The summed E-state index contributed by atoms with van der Waals surface area (Å²) in [5.41, 5.74) is 2.70. The van der Waals surface area contributed by atoms with E-state index in [9.17, 15) is 14.3 Å². The summed E-state index contributed by atoms with van der Waals surface area (Å²) in [6, 6.07) is 4.98. The zero-order chi connectivity index (χ0) is 14.4. The van der Waals surface area contributed by atoms with Crippen molar-refractivity contribution in [1.82, 2.24) is 4.98 Å². The molecule has 1 unspecified atom stereocenters. The van der Waals surface area contributed by atoms with Crippen LogP contribution < -0.4 is 5.32 Å². The van der Waals surface area contributed by atoms with E-state index in [4.69, 9.17) is 0 Å². The van der Waals surface area contributed by atoms with Gasteiger partial charge in [-0.25, -0.2) is 9.19 Å². The molecule has 2 aromatic rings. The number of anilines is 2. The number of benzene rings is 1. The molecule has 1 atom stereocenters. The van der Waals surface area contributed by atoms with E-state index in [0.29, 0.717) is 15.6 Å². The number of pyridine rings is 1. The number of nitrogens with zero attached hydrogens (tertiary/aromatic N) is 2. The van der Waals surface area contributed by atoms with Crippen LogP contribution in [0.4, 0.5) is 17.2 Å². The number of nitrogens with one attached hydrogen (secondary N) is 1. The lowest BCUT2D eigenvalue weighted by Crippen LogP contribution is -2.12. The molecule has 0 radical (unpaired) electrons. The van der Waals surface area contributed by atoms with Crippen LogP contribution in [0.5, 0.6) is 0 Å². The number of nitro groups is 1. The molecule has 0 fully saturated rings. The van der Waals surface area contributed by atoms with Gasteiger partial charge in [-0.2, -0.15) is 0 Å². The molecule has 6 nitrogen and oxygen atoms in total. The van der Waals surface area contributed by atoms with Gasteiger partial charge in [-0.1, -0.05) is 6.07 Å². The Hall–Kier alpha value is -2.28. The van der Waals surface area contributed by atoms with Gasteiger partial charge in [-0.05, 0) is 31.0 Å². The molecule has 1 aromatic carbocycles. The summed E-state index contributed by atoms with van der Waals surface area (Å²) in [4.78, 5) is 15.2. The van der Waals surface area contributed by atoms with Crippen LogP contribution in [0, 0.1) is 24.0 Å². The van der Waals surface area contributed by atoms with Gasteiger partial charge in [0.25, 0.3) is 5.69 Å². The van der Waals surface area contributed by atoms with Crippen LogP contribution in [0.25, 0.3) is 0 Å². The molecule has 1 N–H and O–H groups in total. The summed E-state index contributed by atoms with van der Waals surface area (Å²) < 4.78 is 12.6. The lowest BCUT2D eigenvalue weighted by molar-refractivity contribution is -0.385. The average molecular weight is 289 g/mol. The molecular weight excluding hydrogens is 278 g/mol. The monoisotopic (exact) mass is 289 g/mol. The first-order valence-electron chi connectivity index (χ1n) is 5.92. The SMILES string of the molecule is Cc1ccc2c(c1C)Nc1ncc([N+](=O)[O-])cc1S2=O. The number of hydrogen-bond donors (Lipinski definition) is 1. The summed E-state index contributed by atoms with van der Waals surface area (Å²) >= 11 is 0. The maximum absolute atomic E-state index is 12.6. The molecule has 1 aromatic heterocycles. The molecule has 0 spiro atoms. The fourth-order valence-corrected chi connectivity index (χ4v) is 3.43. The molecule has 0 saturated carbocycles. The Kier molecular flexibility index (Phi) is 2.79. The normalized spacial score (nSPS) is 16.0. The Labute approximate surface area is 117 Å². The van der Waals surface area contributed by atoms with Gasteiger partial charge in [-0.3, -0.25) is 10.1 Å². The Morgan fingerprint density at radius 1 is 1.30 bits per heavy atom. The van der Waals surface area contributed by atoms with E-state index in [0.717, 1.165) is 16.8 Å². The molecule has 2 heterocycles. The number of fused-ring (bicyclic) bond motifs is 2. The highest BCUT2D eigenvalue weighted by molar-refractivity contribution is 7.85. The van der Waals surface area contributed by atoms with E-state index in [1.807, 2.05) is 19.9 Å². The Bertz CT molecular complexity index is 774. The lowest BCUT2D eigenvalue weighted by Gasteiger charge is -2.22. The predicted octanol–water partition coefficient (Wildman–Crippen LogP) is 2.83. The van der Waals surface area contributed by atoms with Crippen molar-refractivity contribution < 1.29 is 9.13 Å². The third kappa shape index (κ3) is 1.78. The molecule has 1 aliphatic heterocycles. The Morgan fingerprint density at radius 2 is 2.05 bits per heavy atom. The van der Waals surface area contributed by atoms with Crippen molar-refractivity contribution >= 4 is 28.0 Å². The summed E-state index contributed by atoms with van der Waals surface area (Å²) in [5, 5.41) is 13.9. The first-order chi connectivity index (χ1) is 9.49. The van der Waals surface area contributed by atoms with E-state index in [1.54, 1.807) is 6.07 Å².